The van der Waals surface area contributed by atoms with Crippen LogP contribution in [-0.2, 0) is 11.3 Å². The molecule has 20 heavy (non-hydrogen) atoms. The van der Waals surface area contributed by atoms with Gasteiger partial charge in [0.25, 0.3) is 0 Å². The van der Waals surface area contributed by atoms with Gasteiger partial charge in [-0.25, -0.2) is 0 Å². The molecule has 1 aromatic heterocycles. The molecule has 0 bridgehead atoms. The van der Waals surface area contributed by atoms with E-state index >= 15 is 0 Å². The Bertz CT molecular complexity index is 552. The van der Waals surface area contributed by atoms with Crippen LogP contribution in [0.1, 0.15) is 31.0 Å². The first-order chi connectivity index (χ1) is 9.65. The largest absolute Gasteiger partial charge is 0.326 e. The van der Waals surface area contributed by atoms with Gasteiger partial charge in [-0.1, -0.05) is 18.2 Å². The second kappa shape index (κ2) is 6.82. The van der Waals surface area contributed by atoms with Crippen LogP contribution in [-0.4, -0.2) is 10.9 Å². The normalized spacial score (nSPS) is 11.9. The Labute approximate surface area is 119 Å². The number of carbonyl (C=O) groups is 1. The molecule has 2 rings (SSSR count). The van der Waals surface area contributed by atoms with Crippen molar-refractivity contribution >= 4 is 11.6 Å². The quantitative estimate of drug-likeness (QED) is 0.877. The molecule has 1 amide bonds. The molecule has 2 N–H and O–H groups in total. The van der Waals surface area contributed by atoms with Gasteiger partial charge >= 0.3 is 0 Å². The number of rotatable bonds is 5. The average Bonchev–Trinajstić information content (AvgIpc) is 2.46. The van der Waals surface area contributed by atoms with Gasteiger partial charge in [0.15, 0.2) is 0 Å². The summed E-state index contributed by atoms with van der Waals surface area (Å²) in [5.41, 5.74) is 3.17. The van der Waals surface area contributed by atoms with E-state index < -0.39 is 0 Å². The monoisotopic (exact) mass is 269 g/mol. The number of carbonyl (C=O) groups excluding carboxylic acids is 1. The first-order valence-corrected chi connectivity index (χ1v) is 6.65. The predicted molar refractivity (Wildman–Crippen MR) is 80.2 cm³/mol. The summed E-state index contributed by atoms with van der Waals surface area (Å²) in [5.74, 6) is -0.0546. The van der Waals surface area contributed by atoms with Gasteiger partial charge in [-0.15, -0.1) is 0 Å². The summed E-state index contributed by atoms with van der Waals surface area (Å²) < 4.78 is 0. The lowest BCUT2D eigenvalue weighted by molar-refractivity contribution is -0.114. The van der Waals surface area contributed by atoms with Crippen LogP contribution < -0.4 is 10.6 Å². The maximum atomic E-state index is 10.9. The molecule has 0 saturated carbocycles. The molecule has 0 radical (unpaired) electrons. The minimum absolute atomic E-state index is 0.0546. The lowest BCUT2D eigenvalue weighted by Gasteiger charge is -2.14. The fourth-order valence-corrected chi connectivity index (χ4v) is 1.93. The Kier molecular flexibility index (Phi) is 4.85. The first-order valence-electron chi connectivity index (χ1n) is 6.65. The van der Waals surface area contributed by atoms with E-state index in [4.69, 9.17) is 0 Å². The Morgan fingerprint density at radius 2 is 2.00 bits per heavy atom. The van der Waals surface area contributed by atoms with Crippen molar-refractivity contribution in [2.45, 2.75) is 26.4 Å². The number of amides is 1. The number of hydrogen-bond donors (Lipinski definition) is 2. The first kappa shape index (κ1) is 14.2. The van der Waals surface area contributed by atoms with Gasteiger partial charge < -0.3 is 10.6 Å². The molecule has 0 spiro atoms. The van der Waals surface area contributed by atoms with E-state index in [1.54, 1.807) is 6.20 Å². The smallest absolute Gasteiger partial charge is 0.221 e. The number of hydrogen-bond acceptors (Lipinski definition) is 3. The van der Waals surface area contributed by atoms with Gasteiger partial charge in [0.2, 0.25) is 5.91 Å². The van der Waals surface area contributed by atoms with Crippen molar-refractivity contribution in [3.63, 3.8) is 0 Å². The molecule has 0 aliphatic rings. The van der Waals surface area contributed by atoms with Gasteiger partial charge in [0, 0.05) is 37.6 Å². The summed E-state index contributed by atoms with van der Waals surface area (Å²) in [6.07, 6.45) is 3.65. The molecule has 2 aromatic rings. The molecule has 0 aliphatic carbocycles. The number of aromatic nitrogens is 1. The Morgan fingerprint density at radius 3 is 2.60 bits per heavy atom. The highest BCUT2D eigenvalue weighted by Crippen LogP contribution is 2.13. The second-order valence-corrected chi connectivity index (χ2v) is 4.77. The lowest BCUT2D eigenvalue weighted by atomic mass is 10.1. The highest BCUT2D eigenvalue weighted by molar-refractivity contribution is 5.88. The summed E-state index contributed by atoms with van der Waals surface area (Å²) in [5, 5.41) is 6.20. The standard InChI is InChI=1S/C16H19N3O/c1-12(15-4-3-9-17-11-15)18-10-14-5-7-16(8-6-14)19-13(2)20/h3-9,11-12,18H,10H2,1-2H3,(H,19,20)/t12-/m1/s1. The van der Waals surface area contributed by atoms with E-state index in [1.807, 2.05) is 36.5 Å². The van der Waals surface area contributed by atoms with Gasteiger partial charge in [0.05, 0.1) is 0 Å². The van der Waals surface area contributed by atoms with E-state index in [0.29, 0.717) is 0 Å². The summed E-state index contributed by atoms with van der Waals surface area (Å²) in [6.45, 7) is 4.39. The maximum absolute atomic E-state index is 10.9. The van der Waals surface area contributed by atoms with Gasteiger partial charge in [-0.2, -0.15) is 0 Å². The fourth-order valence-electron chi connectivity index (χ4n) is 1.93. The molecule has 0 saturated heterocycles. The molecule has 1 atom stereocenters. The van der Waals surface area contributed by atoms with E-state index in [0.717, 1.165) is 12.2 Å². The van der Waals surface area contributed by atoms with Crippen LogP contribution in [0.4, 0.5) is 5.69 Å². The summed E-state index contributed by atoms with van der Waals surface area (Å²) in [4.78, 5) is 15.1. The van der Waals surface area contributed by atoms with Crippen molar-refractivity contribution in [2.75, 3.05) is 5.32 Å². The third kappa shape index (κ3) is 4.17. The molecule has 0 aliphatic heterocycles. The lowest BCUT2D eigenvalue weighted by Crippen LogP contribution is -2.18. The van der Waals surface area contributed by atoms with E-state index in [1.165, 1.54) is 18.1 Å². The van der Waals surface area contributed by atoms with Crippen LogP contribution in [0.3, 0.4) is 0 Å². The zero-order valence-corrected chi connectivity index (χ0v) is 11.8. The zero-order chi connectivity index (χ0) is 14.4. The van der Waals surface area contributed by atoms with Crippen molar-refractivity contribution in [1.82, 2.24) is 10.3 Å². The fraction of sp³-hybridized carbons (Fsp3) is 0.250. The molecule has 0 unspecified atom stereocenters. The third-order valence-corrected chi connectivity index (χ3v) is 3.07. The van der Waals surface area contributed by atoms with Crippen LogP contribution in [0.2, 0.25) is 0 Å². The zero-order valence-electron chi connectivity index (χ0n) is 11.8. The van der Waals surface area contributed by atoms with Crippen LogP contribution in [0, 0.1) is 0 Å². The second-order valence-electron chi connectivity index (χ2n) is 4.77. The van der Waals surface area contributed by atoms with E-state index in [-0.39, 0.29) is 11.9 Å². The third-order valence-electron chi connectivity index (χ3n) is 3.07. The minimum atomic E-state index is -0.0546. The maximum Gasteiger partial charge on any atom is 0.221 e. The molecular formula is C16H19N3O. The Morgan fingerprint density at radius 1 is 1.25 bits per heavy atom. The van der Waals surface area contributed by atoms with Crippen molar-refractivity contribution < 1.29 is 4.79 Å². The number of nitrogens with one attached hydrogen (secondary N) is 2. The van der Waals surface area contributed by atoms with Gasteiger partial charge in [0.1, 0.15) is 0 Å². The van der Waals surface area contributed by atoms with Crippen LogP contribution in [0.5, 0.6) is 0 Å². The van der Waals surface area contributed by atoms with Gasteiger partial charge in [-0.05, 0) is 36.2 Å². The van der Waals surface area contributed by atoms with Crippen LogP contribution in [0.25, 0.3) is 0 Å². The number of benzene rings is 1. The highest BCUT2D eigenvalue weighted by atomic mass is 16.1. The molecule has 1 aromatic carbocycles. The average molecular weight is 269 g/mol. The molecule has 4 nitrogen and oxygen atoms in total. The summed E-state index contributed by atoms with van der Waals surface area (Å²) in [6, 6.07) is 12.1. The molecule has 0 fully saturated rings. The predicted octanol–water partition coefficient (Wildman–Crippen LogP) is 2.89. The number of nitrogens with zero attached hydrogens (tertiary/aromatic N) is 1. The Hall–Kier alpha value is -2.20. The van der Waals surface area contributed by atoms with Crippen molar-refractivity contribution in [2.24, 2.45) is 0 Å². The minimum Gasteiger partial charge on any atom is -0.326 e. The van der Waals surface area contributed by atoms with Crippen molar-refractivity contribution in [1.29, 1.82) is 0 Å². The Balaban J connectivity index is 1.89. The topological polar surface area (TPSA) is 54.0 Å². The molecule has 4 heteroatoms. The molecule has 104 valence electrons. The highest BCUT2D eigenvalue weighted by Gasteiger charge is 2.04. The number of pyridine rings is 1. The summed E-state index contributed by atoms with van der Waals surface area (Å²) >= 11 is 0. The van der Waals surface area contributed by atoms with E-state index in [2.05, 4.69) is 28.6 Å². The van der Waals surface area contributed by atoms with Crippen LogP contribution in [0.15, 0.2) is 48.8 Å². The van der Waals surface area contributed by atoms with E-state index in [9.17, 15) is 4.79 Å². The van der Waals surface area contributed by atoms with Crippen LogP contribution >= 0.6 is 0 Å². The molecular weight excluding hydrogens is 250 g/mol. The van der Waals surface area contributed by atoms with Crippen molar-refractivity contribution in [3.05, 3.63) is 59.9 Å². The number of anilines is 1. The van der Waals surface area contributed by atoms with Gasteiger partial charge in [-0.3, -0.25) is 9.78 Å². The van der Waals surface area contributed by atoms with Crippen molar-refractivity contribution in [3.8, 4) is 0 Å². The summed E-state index contributed by atoms with van der Waals surface area (Å²) in [7, 11) is 0. The molecule has 1 heterocycles. The SMILES string of the molecule is CC(=O)Nc1ccc(CN[C@H](C)c2cccnc2)cc1.